The highest BCUT2D eigenvalue weighted by molar-refractivity contribution is 5.79. The Bertz CT molecular complexity index is 546. The zero-order valence-electron chi connectivity index (χ0n) is 14.7. The van der Waals surface area contributed by atoms with Crippen LogP contribution in [0.4, 0.5) is 0 Å². The molecule has 0 aliphatic heterocycles. The second-order valence-corrected chi connectivity index (χ2v) is 7.86. The van der Waals surface area contributed by atoms with E-state index in [4.69, 9.17) is 4.74 Å². The highest BCUT2D eigenvalue weighted by atomic mass is 16.6. The van der Waals surface area contributed by atoms with Crippen LogP contribution >= 0.6 is 0 Å². The first kappa shape index (κ1) is 17.7. The molecule has 0 amide bonds. The van der Waals surface area contributed by atoms with Gasteiger partial charge in [0.2, 0.25) is 0 Å². The monoisotopic (exact) mass is 316 g/mol. The van der Waals surface area contributed by atoms with E-state index in [1.54, 1.807) is 0 Å². The van der Waals surface area contributed by atoms with E-state index in [-0.39, 0.29) is 11.4 Å². The summed E-state index contributed by atoms with van der Waals surface area (Å²) in [6, 6.07) is 10.2. The third kappa shape index (κ3) is 4.66. The number of Topliss-reactive ketones (excluding diaryl/α,β-unsaturated/α-hetero) is 1. The second kappa shape index (κ2) is 6.86. The van der Waals surface area contributed by atoms with E-state index in [1.807, 2.05) is 39.0 Å². The molecule has 23 heavy (non-hydrogen) atoms. The number of rotatable bonds is 4. The third-order valence-corrected chi connectivity index (χ3v) is 4.81. The zero-order valence-corrected chi connectivity index (χ0v) is 14.7. The Morgan fingerprint density at radius 3 is 2.17 bits per heavy atom. The van der Waals surface area contributed by atoms with Crippen molar-refractivity contribution in [2.75, 3.05) is 0 Å². The quantitative estimate of drug-likeness (QED) is 0.772. The lowest BCUT2D eigenvalue weighted by Gasteiger charge is -2.40. The van der Waals surface area contributed by atoms with E-state index >= 15 is 0 Å². The topological polar surface area (TPSA) is 43.4 Å². The summed E-state index contributed by atoms with van der Waals surface area (Å²) in [5, 5.41) is 0. The highest BCUT2D eigenvalue weighted by Gasteiger charge is 2.40. The number of benzene rings is 1. The van der Waals surface area contributed by atoms with Crippen LogP contribution in [0.15, 0.2) is 30.3 Å². The molecule has 3 heteroatoms. The van der Waals surface area contributed by atoms with Gasteiger partial charge in [0.25, 0.3) is 0 Å². The maximum atomic E-state index is 12.5. The minimum atomic E-state index is -0.475. The van der Waals surface area contributed by atoms with Crippen molar-refractivity contribution in [3.63, 3.8) is 0 Å². The summed E-state index contributed by atoms with van der Waals surface area (Å²) in [6.45, 7) is 7.82. The van der Waals surface area contributed by atoms with Crippen LogP contribution in [0.2, 0.25) is 0 Å². The zero-order chi connectivity index (χ0) is 17.1. The normalized spacial score (nSPS) is 19.2. The molecule has 0 radical (unpaired) electrons. The minimum Gasteiger partial charge on any atom is -0.460 e. The third-order valence-electron chi connectivity index (χ3n) is 4.81. The highest BCUT2D eigenvalue weighted by Crippen LogP contribution is 2.43. The van der Waals surface area contributed by atoms with Crippen LogP contribution in [-0.2, 0) is 19.7 Å². The molecule has 0 heterocycles. The summed E-state index contributed by atoms with van der Waals surface area (Å²) in [5.74, 6) is 0.504. The van der Waals surface area contributed by atoms with Crippen LogP contribution in [0.1, 0.15) is 65.4 Å². The molecule has 1 aromatic carbocycles. The summed E-state index contributed by atoms with van der Waals surface area (Å²) in [5.41, 5.74) is 0.395. The summed E-state index contributed by atoms with van der Waals surface area (Å²) >= 11 is 0. The molecule has 1 unspecified atom stereocenters. The van der Waals surface area contributed by atoms with E-state index in [9.17, 15) is 9.59 Å². The number of ketones is 1. The van der Waals surface area contributed by atoms with Crippen molar-refractivity contribution in [3.05, 3.63) is 35.9 Å². The molecule has 1 aliphatic carbocycles. The first-order valence-electron chi connectivity index (χ1n) is 8.50. The van der Waals surface area contributed by atoms with Gasteiger partial charge in [-0.15, -0.1) is 0 Å². The first-order valence-corrected chi connectivity index (χ1v) is 8.50. The number of carbonyl (C=O) groups excluding carboxylic acids is 2. The molecule has 1 aliphatic rings. The Morgan fingerprint density at radius 2 is 1.65 bits per heavy atom. The maximum absolute atomic E-state index is 12.5. The van der Waals surface area contributed by atoms with Crippen LogP contribution in [-0.4, -0.2) is 17.4 Å². The molecule has 1 fully saturated rings. The summed E-state index contributed by atoms with van der Waals surface area (Å²) in [4.78, 5) is 24.1. The minimum absolute atomic E-state index is 0.166. The van der Waals surface area contributed by atoms with Gasteiger partial charge in [-0.25, -0.2) is 0 Å². The van der Waals surface area contributed by atoms with Gasteiger partial charge in [0.05, 0.1) is 6.42 Å². The molecule has 0 saturated heterocycles. The molecular formula is C20H28O3. The average Bonchev–Trinajstić information content (AvgIpc) is 2.46. The van der Waals surface area contributed by atoms with Crippen LogP contribution in [0.25, 0.3) is 0 Å². The van der Waals surface area contributed by atoms with E-state index in [0.29, 0.717) is 31.0 Å². The number of hydrogen-bond donors (Lipinski definition) is 0. The van der Waals surface area contributed by atoms with Gasteiger partial charge in [-0.2, -0.15) is 0 Å². The van der Waals surface area contributed by atoms with Crippen LogP contribution in [0.5, 0.6) is 0 Å². The Kier molecular flexibility index (Phi) is 5.28. The first-order chi connectivity index (χ1) is 10.7. The van der Waals surface area contributed by atoms with Crippen LogP contribution in [0, 0.1) is 5.92 Å². The fraction of sp³-hybridized carbons (Fsp3) is 0.600. The lowest BCUT2D eigenvalue weighted by atomic mass is 9.64. The SMILES string of the molecule is CC(C)(C)OC(=O)CC(C)(c1ccccc1)C1CCC(=O)CC1. The molecule has 1 aromatic rings. The number of hydrogen-bond acceptors (Lipinski definition) is 3. The summed E-state index contributed by atoms with van der Waals surface area (Å²) < 4.78 is 5.56. The standard InChI is InChI=1S/C20H28O3/c1-19(2,3)23-18(22)14-20(4,15-8-6-5-7-9-15)16-10-12-17(21)13-11-16/h5-9,16H,10-14H2,1-4H3. The van der Waals surface area contributed by atoms with Gasteiger partial charge in [0, 0.05) is 18.3 Å². The van der Waals surface area contributed by atoms with Gasteiger partial charge < -0.3 is 4.74 Å². The van der Waals surface area contributed by atoms with Gasteiger partial charge in [0.15, 0.2) is 0 Å². The Labute approximate surface area is 139 Å². The van der Waals surface area contributed by atoms with Crippen molar-refractivity contribution in [1.29, 1.82) is 0 Å². The predicted octanol–water partition coefficient (Wildman–Crippen LogP) is 4.44. The van der Waals surface area contributed by atoms with Crippen LogP contribution < -0.4 is 0 Å². The van der Waals surface area contributed by atoms with E-state index in [0.717, 1.165) is 18.4 Å². The van der Waals surface area contributed by atoms with Gasteiger partial charge in [-0.05, 0) is 45.1 Å². The van der Waals surface area contributed by atoms with Gasteiger partial charge in [0.1, 0.15) is 11.4 Å². The Morgan fingerprint density at radius 1 is 1.09 bits per heavy atom. The fourth-order valence-electron chi connectivity index (χ4n) is 3.56. The molecule has 0 aromatic heterocycles. The fourth-order valence-corrected chi connectivity index (χ4v) is 3.56. The Hall–Kier alpha value is -1.64. The number of esters is 1. The second-order valence-electron chi connectivity index (χ2n) is 7.86. The van der Waals surface area contributed by atoms with Crippen molar-refractivity contribution in [3.8, 4) is 0 Å². The van der Waals surface area contributed by atoms with Gasteiger partial charge in [-0.1, -0.05) is 37.3 Å². The molecular weight excluding hydrogens is 288 g/mol. The van der Waals surface area contributed by atoms with Crippen molar-refractivity contribution in [2.45, 2.75) is 70.8 Å². The molecule has 3 nitrogen and oxygen atoms in total. The van der Waals surface area contributed by atoms with Gasteiger partial charge >= 0.3 is 5.97 Å². The summed E-state index contributed by atoms with van der Waals surface area (Å²) in [6.07, 6.45) is 3.32. The number of carbonyl (C=O) groups is 2. The molecule has 1 saturated carbocycles. The lowest BCUT2D eigenvalue weighted by molar-refractivity contribution is -0.157. The van der Waals surface area contributed by atoms with E-state index in [2.05, 4.69) is 19.1 Å². The molecule has 1 atom stereocenters. The smallest absolute Gasteiger partial charge is 0.307 e. The average molecular weight is 316 g/mol. The van der Waals surface area contributed by atoms with Crippen molar-refractivity contribution < 1.29 is 14.3 Å². The lowest BCUT2D eigenvalue weighted by Crippen LogP contribution is -2.39. The van der Waals surface area contributed by atoms with Gasteiger partial charge in [-0.3, -0.25) is 9.59 Å². The predicted molar refractivity (Wildman–Crippen MR) is 91.2 cm³/mol. The molecule has 0 bridgehead atoms. The molecule has 0 spiro atoms. The summed E-state index contributed by atoms with van der Waals surface area (Å²) in [7, 11) is 0. The molecule has 2 rings (SSSR count). The molecule has 0 N–H and O–H groups in total. The van der Waals surface area contributed by atoms with Crippen molar-refractivity contribution >= 4 is 11.8 Å². The Balaban J connectivity index is 2.25. The largest absolute Gasteiger partial charge is 0.460 e. The maximum Gasteiger partial charge on any atom is 0.307 e. The number of ether oxygens (including phenoxy) is 1. The molecule has 126 valence electrons. The van der Waals surface area contributed by atoms with Crippen molar-refractivity contribution in [2.24, 2.45) is 5.92 Å². The van der Waals surface area contributed by atoms with Crippen LogP contribution in [0.3, 0.4) is 0 Å². The van der Waals surface area contributed by atoms with E-state index < -0.39 is 5.60 Å². The van der Waals surface area contributed by atoms with Crippen molar-refractivity contribution in [1.82, 2.24) is 0 Å². The van der Waals surface area contributed by atoms with E-state index in [1.165, 1.54) is 0 Å².